The van der Waals surface area contributed by atoms with Gasteiger partial charge in [-0.05, 0) is 6.07 Å². The van der Waals surface area contributed by atoms with Crippen molar-refractivity contribution in [2.45, 2.75) is 6.92 Å². The quantitative estimate of drug-likeness (QED) is 0.268. The fourth-order valence-corrected chi connectivity index (χ4v) is 1.47. The first-order chi connectivity index (χ1) is 10.1. The molecular formula is C14H19NO6. The minimum Gasteiger partial charge on any atom is -0.484 e. The number of nitro benzene ring substituents is 1. The highest BCUT2D eigenvalue weighted by molar-refractivity contribution is 5.52. The summed E-state index contributed by atoms with van der Waals surface area (Å²) in [6, 6.07) is 6.19. The molecule has 0 aromatic heterocycles. The van der Waals surface area contributed by atoms with Gasteiger partial charge in [0.2, 0.25) is 0 Å². The van der Waals surface area contributed by atoms with Crippen LogP contribution in [0, 0.1) is 16.0 Å². The van der Waals surface area contributed by atoms with Gasteiger partial charge < -0.3 is 19.0 Å². The normalized spacial score (nSPS) is 11.9. The summed E-state index contributed by atoms with van der Waals surface area (Å²) in [6.45, 7) is 3.44. The Morgan fingerprint density at radius 3 is 2.57 bits per heavy atom. The van der Waals surface area contributed by atoms with Crippen molar-refractivity contribution in [1.29, 1.82) is 0 Å². The average molecular weight is 297 g/mol. The van der Waals surface area contributed by atoms with E-state index >= 15 is 0 Å². The first-order valence-electron chi connectivity index (χ1n) is 6.62. The van der Waals surface area contributed by atoms with E-state index in [1.807, 2.05) is 0 Å². The van der Waals surface area contributed by atoms with Gasteiger partial charge in [0.25, 0.3) is 0 Å². The Hall–Kier alpha value is -1.99. The lowest BCUT2D eigenvalue weighted by Crippen LogP contribution is -2.14. The van der Waals surface area contributed by atoms with Crippen molar-refractivity contribution < 1.29 is 23.9 Å². The number of para-hydroxylation sites is 2. The predicted molar refractivity (Wildman–Crippen MR) is 75.5 cm³/mol. The van der Waals surface area contributed by atoms with Crippen LogP contribution in [0.5, 0.6) is 5.75 Å². The molecule has 0 saturated heterocycles. The Labute approximate surface area is 123 Å². The zero-order valence-electron chi connectivity index (χ0n) is 11.9. The Kier molecular flexibility index (Phi) is 8.00. The number of aldehydes is 1. The summed E-state index contributed by atoms with van der Waals surface area (Å²) in [5.74, 6) is 0.106. The monoisotopic (exact) mass is 297 g/mol. The third kappa shape index (κ3) is 6.82. The Morgan fingerprint density at radius 2 is 1.86 bits per heavy atom. The molecule has 1 aromatic rings. The average Bonchev–Trinajstić information content (AvgIpc) is 2.49. The summed E-state index contributed by atoms with van der Waals surface area (Å²) in [4.78, 5) is 20.6. The van der Waals surface area contributed by atoms with Crippen molar-refractivity contribution in [3.8, 4) is 5.75 Å². The molecule has 0 spiro atoms. The molecule has 116 valence electrons. The van der Waals surface area contributed by atoms with Crippen LogP contribution >= 0.6 is 0 Å². The third-order valence-electron chi connectivity index (χ3n) is 2.53. The molecular weight excluding hydrogens is 278 g/mol. The van der Waals surface area contributed by atoms with Crippen LogP contribution in [0.25, 0.3) is 0 Å². The standard InChI is InChI=1S/C14H19NO6/c1-12(10-16)11-20-7-6-19-8-9-21-14-5-3-2-4-13(14)15(17)18/h2-5,10,12H,6-9,11H2,1H3. The fraction of sp³-hybridized carbons (Fsp3) is 0.500. The highest BCUT2D eigenvalue weighted by Crippen LogP contribution is 2.25. The molecule has 0 amide bonds. The maximum Gasteiger partial charge on any atom is 0.310 e. The van der Waals surface area contributed by atoms with E-state index < -0.39 is 4.92 Å². The highest BCUT2D eigenvalue weighted by atomic mass is 16.6. The van der Waals surface area contributed by atoms with Gasteiger partial charge in [0.05, 0.1) is 31.4 Å². The summed E-state index contributed by atoms with van der Waals surface area (Å²) in [5.41, 5.74) is -0.0660. The summed E-state index contributed by atoms with van der Waals surface area (Å²) < 4.78 is 15.8. The molecule has 0 fully saturated rings. The molecule has 0 heterocycles. The van der Waals surface area contributed by atoms with Crippen molar-refractivity contribution in [3.63, 3.8) is 0 Å². The van der Waals surface area contributed by atoms with Gasteiger partial charge in [0.1, 0.15) is 12.9 Å². The van der Waals surface area contributed by atoms with Gasteiger partial charge in [-0.2, -0.15) is 0 Å². The maximum absolute atomic E-state index is 10.8. The van der Waals surface area contributed by atoms with E-state index in [-0.39, 0.29) is 24.0 Å². The minimum atomic E-state index is -0.488. The number of carbonyl (C=O) groups excluding carboxylic acids is 1. The minimum absolute atomic E-state index is 0.0660. The Balaban J connectivity index is 2.12. The molecule has 21 heavy (non-hydrogen) atoms. The molecule has 1 atom stereocenters. The molecule has 1 rings (SSSR count). The van der Waals surface area contributed by atoms with Crippen molar-refractivity contribution in [2.24, 2.45) is 5.92 Å². The van der Waals surface area contributed by atoms with Crippen molar-refractivity contribution >= 4 is 12.0 Å². The first-order valence-corrected chi connectivity index (χ1v) is 6.62. The number of rotatable bonds is 11. The van der Waals surface area contributed by atoms with Gasteiger partial charge in [-0.1, -0.05) is 19.1 Å². The highest BCUT2D eigenvalue weighted by Gasteiger charge is 2.12. The molecule has 7 nitrogen and oxygen atoms in total. The molecule has 0 bridgehead atoms. The maximum atomic E-state index is 10.8. The summed E-state index contributed by atoms with van der Waals surface area (Å²) >= 11 is 0. The van der Waals surface area contributed by atoms with Crippen LogP contribution in [-0.2, 0) is 14.3 Å². The van der Waals surface area contributed by atoms with E-state index in [2.05, 4.69) is 0 Å². The third-order valence-corrected chi connectivity index (χ3v) is 2.53. The summed E-state index contributed by atoms with van der Waals surface area (Å²) in [5, 5.41) is 10.8. The second kappa shape index (κ2) is 9.84. The molecule has 0 N–H and O–H groups in total. The van der Waals surface area contributed by atoms with E-state index in [4.69, 9.17) is 14.2 Å². The van der Waals surface area contributed by atoms with Crippen LogP contribution in [0.2, 0.25) is 0 Å². The van der Waals surface area contributed by atoms with Crippen LogP contribution in [-0.4, -0.2) is 44.2 Å². The van der Waals surface area contributed by atoms with Crippen LogP contribution in [0.3, 0.4) is 0 Å². The molecule has 0 radical (unpaired) electrons. The van der Waals surface area contributed by atoms with Gasteiger partial charge in [0.15, 0.2) is 5.75 Å². The van der Waals surface area contributed by atoms with Crippen LogP contribution in [0.15, 0.2) is 24.3 Å². The number of benzene rings is 1. The lowest BCUT2D eigenvalue weighted by Gasteiger charge is -2.08. The zero-order valence-corrected chi connectivity index (χ0v) is 11.9. The molecule has 0 saturated carbocycles. The van der Waals surface area contributed by atoms with Gasteiger partial charge in [0, 0.05) is 12.0 Å². The van der Waals surface area contributed by atoms with E-state index in [0.717, 1.165) is 6.29 Å². The molecule has 0 aliphatic carbocycles. The Morgan fingerprint density at radius 1 is 1.19 bits per heavy atom. The van der Waals surface area contributed by atoms with Crippen LogP contribution < -0.4 is 4.74 Å². The van der Waals surface area contributed by atoms with Gasteiger partial charge in [-0.3, -0.25) is 10.1 Å². The second-order valence-corrected chi connectivity index (χ2v) is 4.37. The summed E-state index contributed by atoms with van der Waals surface area (Å²) in [7, 11) is 0. The number of nitrogens with zero attached hydrogens (tertiary/aromatic N) is 1. The van der Waals surface area contributed by atoms with Gasteiger partial charge in [-0.15, -0.1) is 0 Å². The second-order valence-electron chi connectivity index (χ2n) is 4.37. The summed E-state index contributed by atoms with van der Waals surface area (Å²) in [6.07, 6.45) is 0.835. The van der Waals surface area contributed by atoms with Crippen LogP contribution in [0.1, 0.15) is 6.92 Å². The number of ether oxygens (including phenoxy) is 3. The van der Waals surface area contributed by atoms with Gasteiger partial charge >= 0.3 is 5.69 Å². The number of nitro groups is 1. The SMILES string of the molecule is CC(C=O)COCCOCCOc1ccccc1[N+](=O)[O-]. The van der Waals surface area contributed by atoms with E-state index in [1.165, 1.54) is 6.07 Å². The van der Waals surface area contributed by atoms with Crippen molar-refractivity contribution in [2.75, 3.05) is 33.0 Å². The first kappa shape index (κ1) is 17.1. The lowest BCUT2D eigenvalue weighted by atomic mass is 10.2. The Bertz CT molecular complexity index is 451. The number of hydrogen-bond acceptors (Lipinski definition) is 6. The molecule has 0 aliphatic rings. The topological polar surface area (TPSA) is 87.9 Å². The van der Waals surface area contributed by atoms with Crippen LogP contribution in [0.4, 0.5) is 5.69 Å². The lowest BCUT2D eigenvalue weighted by molar-refractivity contribution is -0.385. The van der Waals surface area contributed by atoms with E-state index in [0.29, 0.717) is 26.4 Å². The molecule has 1 unspecified atom stereocenters. The molecule has 1 aromatic carbocycles. The number of hydrogen-bond donors (Lipinski definition) is 0. The zero-order chi connectivity index (χ0) is 15.5. The number of carbonyl (C=O) groups is 1. The van der Waals surface area contributed by atoms with E-state index in [9.17, 15) is 14.9 Å². The predicted octanol–water partition coefficient (Wildman–Crippen LogP) is 1.84. The van der Waals surface area contributed by atoms with Crippen molar-refractivity contribution in [1.82, 2.24) is 0 Å². The molecule has 0 aliphatic heterocycles. The van der Waals surface area contributed by atoms with Gasteiger partial charge in [-0.25, -0.2) is 0 Å². The largest absolute Gasteiger partial charge is 0.484 e. The fourth-order valence-electron chi connectivity index (χ4n) is 1.47. The molecule has 7 heteroatoms. The smallest absolute Gasteiger partial charge is 0.310 e. The van der Waals surface area contributed by atoms with E-state index in [1.54, 1.807) is 25.1 Å². The van der Waals surface area contributed by atoms with Crippen molar-refractivity contribution in [3.05, 3.63) is 34.4 Å².